The topological polar surface area (TPSA) is 49.3 Å². The highest BCUT2D eigenvalue weighted by Gasteiger charge is 2.42. The lowest BCUT2D eigenvalue weighted by Crippen LogP contribution is -2.31. The molecule has 2 aromatic rings. The minimum atomic E-state index is -1.33. The van der Waals surface area contributed by atoms with Crippen LogP contribution < -0.4 is 5.32 Å². The van der Waals surface area contributed by atoms with Crippen molar-refractivity contribution in [1.29, 1.82) is 0 Å². The second-order valence-electron chi connectivity index (χ2n) is 6.71. The summed E-state index contributed by atoms with van der Waals surface area (Å²) in [6, 6.07) is 6.64. The largest absolute Gasteiger partial charge is 0.478 e. The van der Waals surface area contributed by atoms with Crippen LogP contribution in [0.1, 0.15) is 52.7 Å². The zero-order chi connectivity index (χ0) is 17.7. The van der Waals surface area contributed by atoms with Gasteiger partial charge in [0.15, 0.2) is 0 Å². The maximum Gasteiger partial charge on any atom is 0.336 e. The lowest BCUT2D eigenvalue weighted by Gasteiger charge is -2.38. The van der Waals surface area contributed by atoms with E-state index in [4.69, 9.17) is 11.6 Å². The van der Waals surface area contributed by atoms with Crippen molar-refractivity contribution in [3.63, 3.8) is 0 Å². The predicted octanol–water partition coefficient (Wildman–Crippen LogP) is 5.37. The van der Waals surface area contributed by atoms with Gasteiger partial charge in [-0.2, -0.15) is 0 Å². The van der Waals surface area contributed by atoms with Gasteiger partial charge in [0.2, 0.25) is 0 Å². The number of fused-ring (bicyclic) bond motifs is 3. The predicted molar refractivity (Wildman–Crippen MR) is 91.2 cm³/mol. The van der Waals surface area contributed by atoms with Crippen LogP contribution in [-0.2, 0) is 0 Å². The molecule has 6 heteroatoms. The van der Waals surface area contributed by atoms with Crippen molar-refractivity contribution in [3.8, 4) is 0 Å². The van der Waals surface area contributed by atoms with Crippen LogP contribution in [0.2, 0.25) is 5.02 Å². The molecule has 0 bridgehead atoms. The molecule has 25 heavy (non-hydrogen) atoms. The number of carbonyl (C=O) groups is 1. The summed E-state index contributed by atoms with van der Waals surface area (Å²) in [6.07, 6.45) is 2.77. The van der Waals surface area contributed by atoms with Crippen molar-refractivity contribution in [2.75, 3.05) is 5.32 Å². The summed E-state index contributed by atoms with van der Waals surface area (Å²) in [7, 11) is 0. The Hall–Kier alpha value is -2.14. The van der Waals surface area contributed by atoms with Gasteiger partial charge in [-0.15, -0.1) is 0 Å². The Labute approximate surface area is 148 Å². The number of carboxylic acid groups (broad SMARTS) is 1. The fourth-order valence-corrected chi connectivity index (χ4v) is 4.56. The summed E-state index contributed by atoms with van der Waals surface area (Å²) in [5, 5.41) is 13.4. The molecule has 3 nitrogen and oxygen atoms in total. The molecule has 1 aliphatic heterocycles. The first kappa shape index (κ1) is 16.3. The van der Waals surface area contributed by atoms with Crippen molar-refractivity contribution >= 4 is 23.3 Å². The lowest BCUT2D eigenvalue weighted by molar-refractivity contribution is 0.0693. The Balaban J connectivity index is 1.87. The molecular weight excluding hydrogens is 348 g/mol. The van der Waals surface area contributed by atoms with Gasteiger partial charge in [0.05, 0.1) is 11.6 Å². The van der Waals surface area contributed by atoms with Gasteiger partial charge in [0, 0.05) is 22.3 Å². The number of rotatable bonds is 2. The van der Waals surface area contributed by atoms with E-state index in [0.717, 1.165) is 42.6 Å². The highest BCUT2D eigenvalue weighted by atomic mass is 35.5. The molecule has 0 radical (unpaired) electrons. The average molecular weight is 364 g/mol. The van der Waals surface area contributed by atoms with Crippen LogP contribution >= 0.6 is 11.6 Å². The Bertz CT molecular complexity index is 871. The summed E-state index contributed by atoms with van der Waals surface area (Å²) in [4.78, 5) is 11.6. The molecule has 0 saturated heterocycles. The van der Waals surface area contributed by atoms with Crippen molar-refractivity contribution in [2.45, 2.75) is 31.2 Å². The summed E-state index contributed by atoms with van der Waals surface area (Å²) in [5.74, 6) is -2.80. The molecule has 3 atom stereocenters. The minimum absolute atomic E-state index is 0.0337. The third-order valence-electron chi connectivity index (χ3n) is 5.36. The average Bonchev–Trinajstić information content (AvgIpc) is 3.04. The number of hydrogen-bond donors (Lipinski definition) is 2. The van der Waals surface area contributed by atoms with Gasteiger partial charge in [-0.25, -0.2) is 13.6 Å². The molecule has 4 rings (SSSR count). The summed E-state index contributed by atoms with van der Waals surface area (Å²) >= 11 is 6.12. The van der Waals surface area contributed by atoms with Crippen LogP contribution in [0.5, 0.6) is 0 Å². The van der Waals surface area contributed by atoms with Crippen molar-refractivity contribution in [3.05, 3.63) is 63.7 Å². The fraction of sp³-hybridized carbons (Fsp3) is 0.316. The van der Waals surface area contributed by atoms with Crippen LogP contribution in [0, 0.1) is 17.6 Å². The fourth-order valence-electron chi connectivity index (χ4n) is 4.38. The van der Waals surface area contributed by atoms with Gasteiger partial charge in [-0.3, -0.25) is 0 Å². The number of anilines is 1. The molecule has 1 fully saturated rings. The van der Waals surface area contributed by atoms with Crippen LogP contribution in [0.3, 0.4) is 0 Å². The van der Waals surface area contributed by atoms with E-state index < -0.39 is 23.6 Å². The van der Waals surface area contributed by atoms with Crippen LogP contribution in [0.4, 0.5) is 14.5 Å². The molecule has 0 spiro atoms. The molecule has 0 aromatic heterocycles. The second-order valence-corrected chi connectivity index (χ2v) is 7.15. The van der Waals surface area contributed by atoms with Crippen molar-refractivity contribution in [1.82, 2.24) is 0 Å². The van der Waals surface area contributed by atoms with Gasteiger partial charge in [-0.05, 0) is 54.5 Å². The van der Waals surface area contributed by atoms with E-state index in [2.05, 4.69) is 5.32 Å². The number of aromatic carboxylic acids is 1. The summed E-state index contributed by atoms with van der Waals surface area (Å²) in [6.45, 7) is 0. The van der Waals surface area contributed by atoms with E-state index >= 15 is 0 Å². The quantitative estimate of drug-likeness (QED) is 0.754. The van der Waals surface area contributed by atoms with E-state index in [1.807, 2.05) is 12.1 Å². The maximum absolute atomic E-state index is 14.6. The van der Waals surface area contributed by atoms with Crippen molar-refractivity contribution < 1.29 is 18.7 Å². The molecule has 1 aliphatic carbocycles. The maximum atomic E-state index is 14.6. The first-order valence-corrected chi connectivity index (χ1v) is 8.61. The van der Waals surface area contributed by atoms with Gasteiger partial charge in [-0.1, -0.05) is 18.0 Å². The zero-order valence-electron chi connectivity index (χ0n) is 13.2. The zero-order valence-corrected chi connectivity index (χ0v) is 14.0. The number of nitrogens with one attached hydrogen (secondary N) is 1. The number of hydrogen-bond acceptors (Lipinski definition) is 2. The monoisotopic (exact) mass is 363 g/mol. The molecule has 2 N–H and O–H groups in total. The Morgan fingerprint density at radius 3 is 2.76 bits per heavy atom. The lowest BCUT2D eigenvalue weighted by atomic mass is 9.76. The highest BCUT2D eigenvalue weighted by molar-refractivity contribution is 6.30. The molecule has 1 saturated carbocycles. The molecule has 0 unspecified atom stereocenters. The van der Waals surface area contributed by atoms with Crippen LogP contribution in [-0.4, -0.2) is 11.1 Å². The first-order valence-electron chi connectivity index (χ1n) is 8.24. The Morgan fingerprint density at radius 2 is 2.00 bits per heavy atom. The van der Waals surface area contributed by atoms with E-state index in [9.17, 15) is 18.7 Å². The van der Waals surface area contributed by atoms with Gasteiger partial charge >= 0.3 is 5.97 Å². The second kappa shape index (κ2) is 5.99. The van der Waals surface area contributed by atoms with Gasteiger partial charge in [0.1, 0.15) is 11.6 Å². The smallest absolute Gasteiger partial charge is 0.336 e. The summed E-state index contributed by atoms with van der Waals surface area (Å²) < 4.78 is 28.1. The molecular formula is C19H16ClF2NO2. The minimum Gasteiger partial charge on any atom is -0.478 e. The third-order valence-corrected chi connectivity index (χ3v) is 5.59. The normalized spacial score (nSPS) is 24.4. The van der Waals surface area contributed by atoms with E-state index in [0.29, 0.717) is 5.02 Å². The number of carboxylic acids is 1. The van der Waals surface area contributed by atoms with Crippen LogP contribution in [0.15, 0.2) is 30.3 Å². The molecule has 2 aliphatic rings. The van der Waals surface area contributed by atoms with Crippen molar-refractivity contribution in [2.24, 2.45) is 5.92 Å². The van der Waals surface area contributed by atoms with E-state index in [-0.39, 0.29) is 23.0 Å². The number of benzene rings is 2. The number of halogens is 3. The third kappa shape index (κ3) is 2.67. The van der Waals surface area contributed by atoms with Gasteiger partial charge < -0.3 is 10.4 Å². The Morgan fingerprint density at radius 1 is 1.20 bits per heavy atom. The molecule has 1 heterocycles. The first-order chi connectivity index (χ1) is 12.0. The Kier molecular flexibility index (Phi) is 3.91. The standard InChI is InChI=1S/C19H16ClF2NO2/c20-9-4-5-16-13(6-9)11-2-1-3-12(11)18(23-16)17-14(19(24)25)7-10(21)8-15(17)22/h4-8,11-12,18,23H,1-3H2,(H,24,25)/t11-,12+,18-/m1/s1. The highest BCUT2D eigenvalue weighted by Crippen LogP contribution is 2.53. The van der Waals surface area contributed by atoms with Gasteiger partial charge in [0.25, 0.3) is 0 Å². The molecule has 2 aromatic carbocycles. The SMILES string of the molecule is O=C(O)c1cc(F)cc(F)c1[C@@H]1Nc2ccc(Cl)cc2[C@@H]2CCC[C@@H]21. The van der Waals surface area contributed by atoms with E-state index in [1.54, 1.807) is 6.07 Å². The van der Waals surface area contributed by atoms with Crippen LogP contribution in [0.25, 0.3) is 0 Å². The molecule has 130 valence electrons. The molecule has 0 amide bonds. The van der Waals surface area contributed by atoms with E-state index in [1.165, 1.54) is 0 Å². The summed E-state index contributed by atoms with van der Waals surface area (Å²) in [5.41, 5.74) is 1.63.